The van der Waals surface area contributed by atoms with Crippen LogP contribution in [0.5, 0.6) is 0 Å². The third kappa shape index (κ3) is 5.60. The van der Waals surface area contributed by atoms with E-state index in [9.17, 15) is 19.5 Å². The molecule has 0 saturated heterocycles. The van der Waals surface area contributed by atoms with Crippen LogP contribution in [-0.2, 0) is 9.47 Å². The molecule has 0 aliphatic heterocycles. The highest BCUT2D eigenvalue weighted by molar-refractivity contribution is 6.14. The second kappa shape index (κ2) is 9.26. The molecular formula is C25H29N3O6. The molecule has 2 amide bonds. The van der Waals surface area contributed by atoms with Crippen LogP contribution in [0.25, 0.3) is 16.6 Å². The van der Waals surface area contributed by atoms with Gasteiger partial charge in [0.2, 0.25) is 0 Å². The predicted molar refractivity (Wildman–Crippen MR) is 127 cm³/mol. The highest BCUT2D eigenvalue weighted by Gasteiger charge is 2.36. The van der Waals surface area contributed by atoms with E-state index in [4.69, 9.17) is 9.47 Å². The molecule has 0 aliphatic carbocycles. The number of Topliss-reactive ketones (excluding diaryl/α,β-unsaturated/α-hetero) is 1. The fraction of sp³-hybridized carbons (Fsp3) is 0.360. The molecule has 0 fully saturated rings. The summed E-state index contributed by atoms with van der Waals surface area (Å²) in [6, 6.07) is 13.5. The average molecular weight is 468 g/mol. The van der Waals surface area contributed by atoms with Gasteiger partial charge in [0.15, 0.2) is 11.6 Å². The number of aliphatic hydroxyl groups excluding tert-OH is 1. The van der Waals surface area contributed by atoms with E-state index in [1.807, 2.05) is 6.07 Å². The number of hydrogen-bond acceptors (Lipinski definition) is 7. The lowest BCUT2D eigenvalue weighted by Crippen LogP contribution is -2.44. The first-order valence-electron chi connectivity index (χ1n) is 10.8. The normalized spacial score (nSPS) is 11.9. The topological polar surface area (TPSA) is 111 Å². The maximum Gasteiger partial charge on any atom is 0.425 e. The van der Waals surface area contributed by atoms with Gasteiger partial charge < -0.3 is 14.6 Å². The maximum atomic E-state index is 13.3. The number of hydrogen-bond donors (Lipinski definition) is 1. The molecule has 9 heteroatoms. The molecular weight excluding hydrogens is 438 g/mol. The second-order valence-electron chi connectivity index (χ2n) is 9.68. The molecule has 1 aromatic heterocycles. The lowest BCUT2D eigenvalue weighted by molar-refractivity contribution is 0.0428. The lowest BCUT2D eigenvalue weighted by Gasteiger charge is -2.28. The molecule has 180 valence electrons. The number of carbonyl (C=O) groups excluding carboxylic acids is 3. The Kier molecular flexibility index (Phi) is 6.79. The van der Waals surface area contributed by atoms with Crippen molar-refractivity contribution in [2.75, 3.05) is 11.5 Å². The fourth-order valence-electron chi connectivity index (χ4n) is 3.16. The zero-order valence-electron chi connectivity index (χ0n) is 20.2. The van der Waals surface area contributed by atoms with E-state index in [1.165, 1.54) is 16.8 Å². The van der Waals surface area contributed by atoms with E-state index >= 15 is 0 Å². The first-order chi connectivity index (χ1) is 15.8. The zero-order chi connectivity index (χ0) is 25.3. The van der Waals surface area contributed by atoms with Gasteiger partial charge in [-0.3, -0.25) is 4.79 Å². The van der Waals surface area contributed by atoms with Crippen molar-refractivity contribution < 1.29 is 29.0 Å². The summed E-state index contributed by atoms with van der Waals surface area (Å²) >= 11 is 0. The van der Waals surface area contributed by atoms with Crippen LogP contribution in [0.1, 0.15) is 51.9 Å². The summed E-state index contributed by atoms with van der Waals surface area (Å²) in [6.07, 6.45) is -1.87. The molecule has 2 aromatic carbocycles. The fourth-order valence-corrected chi connectivity index (χ4v) is 3.16. The number of para-hydroxylation sites is 1. The summed E-state index contributed by atoms with van der Waals surface area (Å²) in [5.41, 5.74) is -0.604. The number of anilines is 1. The Morgan fingerprint density at radius 2 is 1.47 bits per heavy atom. The van der Waals surface area contributed by atoms with Crippen molar-refractivity contribution in [3.05, 3.63) is 54.1 Å². The molecule has 0 aliphatic rings. The van der Waals surface area contributed by atoms with E-state index in [1.54, 1.807) is 71.9 Å². The Labute approximate surface area is 197 Å². The molecule has 1 heterocycles. The standard InChI is InChI=1S/C25H29N3O6/c1-24(2,3)33-22(31)27(23(32)34-25(4,5)6)21-18-13-12-16(20(30)15-29)14-19(18)26-28(21)17-10-8-7-9-11-17/h7-14,29H,15H2,1-6H3. The summed E-state index contributed by atoms with van der Waals surface area (Å²) in [4.78, 5) is 39.5. The summed E-state index contributed by atoms with van der Waals surface area (Å²) < 4.78 is 12.5. The van der Waals surface area contributed by atoms with Crippen LogP contribution >= 0.6 is 0 Å². The zero-order valence-corrected chi connectivity index (χ0v) is 20.2. The van der Waals surface area contributed by atoms with Gasteiger partial charge in [0.1, 0.15) is 17.8 Å². The van der Waals surface area contributed by atoms with Crippen molar-refractivity contribution >= 4 is 34.7 Å². The highest BCUT2D eigenvalue weighted by atomic mass is 16.6. The molecule has 0 spiro atoms. The Bertz CT molecular complexity index is 1190. The minimum absolute atomic E-state index is 0.104. The minimum atomic E-state index is -0.934. The number of fused-ring (bicyclic) bond motifs is 1. The molecule has 34 heavy (non-hydrogen) atoms. The highest BCUT2D eigenvalue weighted by Crippen LogP contribution is 2.33. The molecule has 0 radical (unpaired) electrons. The molecule has 0 atom stereocenters. The minimum Gasteiger partial charge on any atom is -0.443 e. The van der Waals surface area contributed by atoms with E-state index in [-0.39, 0.29) is 11.4 Å². The Morgan fingerprint density at radius 1 is 0.912 bits per heavy atom. The number of ether oxygens (including phenoxy) is 2. The number of imide groups is 1. The van der Waals surface area contributed by atoms with Gasteiger partial charge in [-0.25, -0.2) is 14.3 Å². The molecule has 9 nitrogen and oxygen atoms in total. The molecule has 1 N–H and O–H groups in total. The predicted octanol–water partition coefficient (Wildman–Crippen LogP) is 4.88. The van der Waals surface area contributed by atoms with Gasteiger partial charge in [-0.1, -0.05) is 24.3 Å². The lowest BCUT2D eigenvalue weighted by atomic mass is 10.1. The van der Waals surface area contributed by atoms with Crippen LogP contribution < -0.4 is 4.90 Å². The Hall–Kier alpha value is -3.72. The molecule has 3 aromatic rings. The summed E-state index contributed by atoms with van der Waals surface area (Å²) in [5.74, 6) is -0.374. The van der Waals surface area contributed by atoms with Crippen molar-refractivity contribution in [2.45, 2.75) is 52.7 Å². The number of carbonyl (C=O) groups is 3. The number of amides is 2. The first kappa shape index (κ1) is 24.9. The van der Waals surface area contributed by atoms with Crippen molar-refractivity contribution in [3.63, 3.8) is 0 Å². The number of ketones is 1. The van der Waals surface area contributed by atoms with Crippen LogP contribution in [0.4, 0.5) is 15.4 Å². The summed E-state index contributed by atoms with van der Waals surface area (Å²) in [7, 11) is 0. The van der Waals surface area contributed by atoms with Gasteiger partial charge in [-0.15, -0.1) is 0 Å². The summed E-state index contributed by atoms with van der Waals surface area (Å²) in [6.45, 7) is 9.50. The van der Waals surface area contributed by atoms with Crippen molar-refractivity contribution in [3.8, 4) is 5.69 Å². The van der Waals surface area contributed by atoms with Crippen LogP contribution in [-0.4, -0.2) is 50.7 Å². The van der Waals surface area contributed by atoms with Gasteiger partial charge in [0, 0.05) is 10.9 Å². The monoisotopic (exact) mass is 467 g/mol. The summed E-state index contributed by atoms with van der Waals surface area (Å²) in [5, 5.41) is 14.2. The van der Waals surface area contributed by atoms with E-state index in [0.717, 1.165) is 4.90 Å². The largest absolute Gasteiger partial charge is 0.443 e. The molecule has 0 saturated carbocycles. The number of benzene rings is 2. The third-order valence-electron chi connectivity index (χ3n) is 4.48. The quantitative estimate of drug-likeness (QED) is 0.545. The molecule has 0 bridgehead atoms. The smallest absolute Gasteiger partial charge is 0.425 e. The SMILES string of the molecule is CC(C)(C)OC(=O)N(C(=O)OC(C)(C)C)c1c2ccc(C(=O)CO)cc2nn1-c1ccccc1. The van der Waals surface area contributed by atoms with Gasteiger partial charge in [-0.2, -0.15) is 10.00 Å². The Balaban J connectivity index is 2.30. The molecule has 3 rings (SSSR count). The third-order valence-corrected chi connectivity index (χ3v) is 4.48. The van der Waals surface area contributed by atoms with Crippen molar-refractivity contribution in [2.24, 2.45) is 0 Å². The van der Waals surface area contributed by atoms with Crippen LogP contribution in [0.3, 0.4) is 0 Å². The number of rotatable bonds is 4. The van der Waals surface area contributed by atoms with Crippen molar-refractivity contribution in [1.29, 1.82) is 0 Å². The number of nitrogens with zero attached hydrogens (tertiary/aromatic N) is 3. The second-order valence-corrected chi connectivity index (χ2v) is 9.68. The van der Waals surface area contributed by atoms with Crippen LogP contribution in [0.15, 0.2) is 48.5 Å². The molecule has 0 unspecified atom stereocenters. The van der Waals surface area contributed by atoms with E-state index in [2.05, 4.69) is 5.10 Å². The van der Waals surface area contributed by atoms with Gasteiger partial charge in [-0.05, 0) is 65.8 Å². The van der Waals surface area contributed by atoms with Gasteiger partial charge >= 0.3 is 12.2 Å². The number of aliphatic hydroxyl groups is 1. The van der Waals surface area contributed by atoms with Crippen LogP contribution in [0, 0.1) is 0 Å². The maximum absolute atomic E-state index is 13.3. The van der Waals surface area contributed by atoms with Crippen LogP contribution in [0.2, 0.25) is 0 Å². The van der Waals surface area contributed by atoms with E-state index < -0.39 is 35.8 Å². The Morgan fingerprint density at radius 3 is 1.97 bits per heavy atom. The van der Waals surface area contributed by atoms with Crippen molar-refractivity contribution in [1.82, 2.24) is 9.78 Å². The van der Waals surface area contributed by atoms with E-state index in [0.29, 0.717) is 16.6 Å². The average Bonchev–Trinajstić information content (AvgIpc) is 3.09. The van der Waals surface area contributed by atoms with Gasteiger partial charge in [0.25, 0.3) is 0 Å². The van der Waals surface area contributed by atoms with Gasteiger partial charge in [0.05, 0.1) is 11.2 Å². The number of aromatic nitrogens is 2. The first-order valence-corrected chi connectivity index (χ1v) is 10.8.